The Bertz CT molecular complexity index is 1150. The molecule has 0 unspecified atom stereocenters. The van der Waals surface area contributed by atoms with Crippen LogP contribution in [0.4, 0.5) is 0 Å². The molecule has 0 saturated carbocycles. The van der Waals surface area contributed by atoms with Crippen molar-refractivity contribution in [1.29, 1.82) is 0 Å². The molecular formula is C24H22BNO2. The Kier molecular flexibility index (Phi) is 3.13. The second kappa shape index (κ2) is 5.41. The van der Waals surface area contributed by atoms with Crippen LogP contribution in [0.25, 0.3) is 0 Å². The molecule has 3 aliphatic rings. The van der Waals surface area contributed by atoms with E-state index in [0.29, 0.717) is 0 Å². The maximum absolute atomic E-state index is 6.44. The second-order valence-electron chi connectivity index (χ2n) is 9.12. The van der Waals surface area contributed by atoms with Gasteiger partial charge < -0.3 is 9.47 Å². The third-order valence-corrected chi connectivity index (χ3v) is 6.30. The molecule has 1 aromatic heterocycles. The van der Waals surface area contributed by atoms with E-state index in [2.05, 4.69) is 63.2 Å². The molecule has 0 atom stereocenters. The van der Waals surface area contributed by atoms with Gasteiger partial charge >= 0.3 is 0 Å². The topological polar surface area (TPSA) is 31.4 Å². The van der Waals surface area contributed by atoms with Gasteiger partial charge in [-0.15, -0.1) is 0 Å². The summed E-state index contributed by atoms with van der Waals surface area (Å²) in [4.78, 5) is 4.95. The first-order chi connectivity index (χ1) is 13.5. The molecule has 0 radical (unpaired) electrons. The first kappa shape index (κ1) is 16.2. The zero-order valence-corrected chi connectivity index (χ0v) is 16.5. The fourth-order valence-corrected chi connectivity index (χ4v) is 4.82. The predicted octanol–water partition coefficient (Wildman–Crippen LogP) is 3.60. The highest BCUT2D eigenvalue weighted by atomic mass is 16.5. The molecule has 1 aliphatic carbocycles. The molecule has 0 spiro atoms. The van der Waals surface area contributed by atoms with E-state index >= 15 is 0 Å². The highest BCUT2D eigenvalue weighted by Crippen LogP contribution is 2.40. The normalized spacial score (nSPS) is 15.8. The number of fused-ring (bicyclic) bond motifs is 6. The van der Waals surface area contributed by atoms with Gasteiger partial charge in [0.2, 0.25) is 5.88 Å². The fraction of sp³-hybridized carbons (Fsp3) is 0.292. The Morgan fingerprint density at radius 1 is 0.929 bits per heavy atom. The molecule has 4 heteroatoms. The molecule has 28 heavy (non-hydrogen) atoms. The quantitative estimate of drug-likeness (QED) is 0.392. The number of ether oxygens (including phenoxy) is 2. The SMILES string of the molecule is CC(C)(C)c1ccc2c(c1)Oc1nc3c(c4c1B2c1ccccc1O4)CCC3. The van der Waals surface area contributed by atoms with Gasteiger partial charge in [-0.05, 0) is 53.3 Å². The monoisotopic (exact) mass is 367 g/mol. The zero-order chi connectivity index (χ0) is 19.0. The lowest BCUT2D eigenvalue weighted by molar-refractivity contribution is 0.445. The minimum absolute atomic E-state index is 0.0722. The van der Waals surface area contributed by atoms with Gasteiger partial charge in [-0.25, -0.2) is 4.98 Å². The van der Waals surface area contributed by atoms with Crippen molar-refractivity contribution in [2.75, 3.05) is 0 Å². The van der Waals surface area contributed by atoms with Crippen molar-refractivity contribution < 1.29 is 9.47 Å². The summed E-state index contributed by atoms with van der Waals surface area (Å²) in [7, 11) is 0. The van der Waals surface area contributed by atoms with Crippen LogP contribution in [0.2, 0.25) is 0 Å². The van der Waals surface area contributed by atoms with Crippen molar-refractivity contribution in [3.8, 4) is 23.1 Å². The average Bonchev–Trinajstić information content (AvgIpc) is 3.15. The van der Waals surface area contributed by atoms with Crippen LogP contribution in [0, 0.1) is 0 Å². The number of hydrogen-bond donors (Lipinski definition) is 0. The highest BCUT2D eigenvalue weighted by molar-refractivity contribution is 6.98. The van der Waals surface area contributed by atoms with Gasteiger partial charge in [0.05, 0.1) is 5.69 Å². The molecular weight excluding hydrogens is 345 g/mol. The predicted molar refractivity (Wildman–Crippen MR) is 113 cm³/mol. The number of para-hydroxylation sites is 1. The molecule has 0 amide bonds. The molecule has 3 aromatic rings. The number of nitrogens with zero attached hydrogens (tertiary/aromatic N) is 1. The standard InChI is InChI=1S/C24H22BNO2/c1-24(2,3)14-11-12-17-20(13-14)28-23-21-22(15-7-6-9-18(15)26-23)27-19-10-5-4-8-16(19)25(17)21/h4-5,8,10-13H,6-7,9H2,1-3H3. The lowest BCUT2D eigenvalue weighted by Gasteiger charge is -2.34. The van der Waals surface area contributed by atoms with Gasteiger partial charge in [-0.2, -0.15) is 0 Å². The Labute approximate surface area is 165 Å². The van der Waals surface area contributed by atoms with Crippen molar-refractivity contribution in [2.24, 2.45) is 0 Å². The van der Waals surface area contributed by atoms with E-state index in [9.17, 15) is 0 Å². The molecule has 3 heterocycles. The van der Waals surface area contributed by atoms with Gasteiger partial charge in [-0.1, -0.05) is 51.1 Å². The number of hydrogen-bond acceptors (Lipinski definition) is 3. The van der Waals surface area contributed by atoms with E-state index in [1.165, 1.54) is 22.1 Å². The van der Waals surface area contributed by atoms with Gasteiger partial charge in [0.25, 0.3) is 6.71 Å². The lowest BCUT2D eigenvalue weighted by atomic mass is 9.35. The Morgan fingerprint density at radius 3 is 2.61 bits per heavy atom. The van der Waals surface area contributed by atoms with Gasteiger partial charge in [0, 0.05) is 11.0 Å². The van der Waals surface area contributed by atoms with E-state index in [0.717, 1.165) is 53.5 Å². The summed E-state index contributed by atoms with van der Waals surface area (Å²) in [5, 5.41) is 0. The van der Waals surface area contributed by atoms with E-state index in [1.54, 1.807) is 0 Å². The van der Waals surface area contributed by atoms with Crippen LogP contribution in [0.5, 0.6) is 23.1 Å². The van der Waals surface area contributed by atoms with Crippen molar-refractivity contribution in [3.63, 3.8) is 0 Å². The van der Waals surface area contributed by atoms with Crippen LogP contribution in [0.15, 0.2) is 42.5 Å². The van der Waals surface area contributed by atoms with Crippen LogP contribution >= 0.6 is 0 Å². The summed E-state index contributed by atoms with van der Waals surface area (Å²) in [6, 6.07) is 15.1. The number of pyridine rings is 1. The van der Waals surface area contributed by atoms with E-state index < -0.39 is 0 Å². The Morgan fingerprint density at radius 2 is 1.75 bits per heavy atom. The van der Waals surface area contributed by atoms with Crippen molar-refractivity contribution in [3.05, 3.63) is 59.3 Å². The molecule has 0 fully saturated rings. The van der Waals surface area contributed by atoms with Crippen LogP contribution in [0.3, 0.4) is 0 Å². The first-order valence-electron chi connectivity index (χ1n) is 10.2. The minimum Gasteiger partial charge on any atom is -0.458 e. The fourth-order valence-electron chi connectivity index (χ4n) is 4.82. The van der Waals surface area contributed by atoms with Gasteiger partial charge in [0.15, 0.2) is 0 Å². The second-order valence-corrected chi connectivity index (χ2v) is 9.12. The average molecular weight is 367 g/mol. The number of benzene rings is 2. The van der Waals surface area contributed by atoms with Crippen LogP contribution in [-0.4, -0.2) is 11.7 Å². The number of aryl methyl sites for hydroxylation is 1. The molecule has 138 valence electrons. The summed E-state index contributed by atoms with van der Waals surface area (Å²) in [6.07, 6.45) is 3.17. The summed E-state index contributed by atoms with van der Waals surface area (Å²) >= 11 is 0. The molecule has 0 saturated heterocycles. The largest absolute Gasteiger partial charge is 0.458 e. The van der Waals surface area contributed by atoms with E-state index in [1.807, 2.05) is 0 Å². The van der Waals surface area contributed by atoms with E-state index in [-0.39, 0.29) is 12.1 Å². The summed E-state index contributed by atoms with van der Waals surface area (Å²) in [6.45, 7) is 6.82. The highest BCUT2D eigenvalue weighted by Gasteiger charge is 2.43. The Balaban J connectivity index is 1.64. The molecule has 2 aliphatic heterocycles. The molecule has 0 bridgehead atoms. The smallest absolute Gasteiger partial charge is 0.262 e. The van der Waals surface area contributed by atoms with Crippen LogP contribution < -0.4 is 25.9 Å². The number of rotatable bonds is 0. The summed E-state index contributed by atoms with van der Waals surface area (Å²) in [5.41, 5.74) is 7.27. The Hall–Kier alpha value is -2.75. The first-order valence-corrected chi connectivity index (χ1v) is 10.2. The maximum Gasteiger partial charge on any atom is 0.262 e. The minimum atomic E-state index is 0.0722. The van der Waals surface area contributed by atoms with Crippen LogP contribution in [0.1, 0.15) is 44.0 Å². The van der Waals surface area contributed by atoms with Crippen molar-refractivity contribution >= 4 is 23.1 Å². The maximum atomic E-state index is 6.44. The van der Waals surface area contributed by atoms with E-state index in [4.69, 9.17) is 14.5 Å². The molecule has 2 aromatic carbocycles. The zero-order valence-electron chi connectivity index (χ0n) is 16.5. The molecule has 6 rings (SSSR count). The lowest BCUT2D eigenvalue weighted by Crippen LogP contribution is -2.58. The van der Waals surface area contributed by atoms with Crippen LogP contribution in [-0.2, 0) is 18.3 Å². The van der Waals surface area contributed by atoms with Gasteiger partial charge in [0.1, 0.15) is 17.2 Å². The van der Waals surface area contributed by atoms with Gasteiger partial charge in [-0.3, -0.25) is 0 Å². The number of aromatic nitrogens is 1. The van der Waals surface area contributed by atoms with Crippen molar-refractivity contribution in [1.82, 2.24) is 4.98 Å². The summed E-state index contributed by atoms with van der Waals surface area (Å²) in [5.74, 6) is 3.61. The molecule has 3 nitrogen and oxygen atoms in total. The summed E-state index contributed by atoms with van der Waals surface area (Å²) < 4.78 is 12.8. The molecule has 0 N–H and O–H groups in total. The van der Waals surface area contributed by atoms with Crippen molar-refractivity contribution in [2.45, 2.75) is 45.4 Å². The third-order valence-electron chi connectivity index (χ3n) is 6.30. The third kappa shape index (κ3) is 2.15.